The summed E-state index contributed by atoms with van der Waals surface area (Å²) in [6.45, 7) is 4.03. The van der Waals surface area contributed by atoms with Gasteiger partial charge in [0, 0.05) is 11.8 Å². The van der Waals surface area contributed by atoms with Crippen molar-refractivity contribution in [3.63, 3.8) is 0 Å². The monoisotopic (exact) mass is 422 g/mol. The van der Waals surface area contributed by atoms with Crippen LogP contribution in [0.25, 0.3) is 5.52 Å². The highest BCUT2D eigenvalue weighted by Gasteiger charge is 2.16. The van der Waals surface area contributed by atoms with Crippen molar-refractivity contribution in [2.75, 3.05) is 19.8 Å². The Morgan fingerprint density at radius 3 is 3.10 bits per heavy atom. The van der Waals surface area contributed by atoms with Crippen LogP contribution >= 0.6 is 28.5 Å². The first kappa shape index (κ1) is 16.6. The smallest absolute Gasteiger partial charge is 0.341 e. The lowest BCUT2D eigenvalue weighted by Crippen LogP contribution is -2.07. The first-order valence-corrected chi connectivity index (χ1v) is 10.5. The van der Waals surface area contributed by atoms with Gasteiger partial charge in [0.15, 0.2) is 0 Å². The van der Waals surface area contributed by atoms with Crippen LogP contribution in [0.15, 0.2) is 24.5 Å². The third-order valence-corrected chi connectivity index (χ3v) is 4.01. The molecule has 0 aromatic carbocycles. The summed E-state index contributed by atoms with van der Waals surface area (Å²) in [5, 5.41) is 4.18. The molecule has 0 radical (unpaired) electrons. The molecule has 1 atom stereocenters. The van der Waals surface area contributed by atoms with E-state index in [1.54, 1.807) is 17.6 Å². The second-order valence-corrected chi connectivity index (χ2v) is 5.85. The molecule has 2 heterocycles. The summed E-state index contributed by atoms with van der Waals surface area (Å²) in [7, 11) is 0. The van der Waals surface area contributed by atoms with Crippen molar-refractivity contribution in [2.45, 2.75) is 13.5 Å². The zero-order chi connectivity index (χ0) is 15.1. The number of aromatic nitrogens is 2. The van der Waals surface area contributed by atoms with Gasteiger partial charge >= 0.3 is 5.97 Å². The van der Waals surface area contributed by atoms with Gasteiger partial charge in [-0.15, -0.1) is 0 Å². The Hall–Kier alpha value is -0.760. The van der Waals surface area contributed by atoms with Gasteiger partial charge in [0.2, 0.25) is 0 Å². The fourth-order valence-electron chi connectivity index (χ4n) is 1.91. The maximum Gasteiger partial charge on any atom is 0.341 e. The van der Waals surface area contributed by atoms with Crippen LogP contribution in [0.2, 0.25) is 0 Å². The van der Waals surface area contributed by atoms with Crippen molar-refractivity contribution in [3.8, 4) is 0 Å². The molecule has 0 aliphatic carbocycles. The van der Waals surface area contributed by atoms with Crippen LogP contribution in [0.5, 0.6) is 0 Å². The Bertz CT molecular complexity index is 605. The first-order chi connectivity index (χ1) is 10.3. The van der Waals surface area contributed by atoms with Crippen LogP contribution in [0, 0.1) is 0 Å². The summed E-state index contributed by atoms with van der Waals surface area (Å²) in [5.74, 6) is -0.366. The zero-order valence-electron chi connectivity index (χ0n) is 11.5. The second kappa shape index (κ2) is 8.63. The van der Waals surface area contributed by atoms with E-state index >= 15 is 0 Å². The quantitative estimate of drug-likeness (QED) is 0.283. The number of halogens is 1. The van der Waals surface area contributed by atoms with Crippen molar-refractivity contribution < 1.29 is 18.8 Å². The predicted molar refractivity (Wildman–Crippen MR) is 89.1 cm³/mol. The van der Waals surface area contributed by atoms with Crippen LogP contribution in [0.1, 0.15) is 22.8 Å². The van der Waals surface area contributed by atoms with Crippen molar-refractivity contribution >= 4 is 40.0 Å². The number of fused-ring (bicyclic) bond motifs is 1. The molecular formula is C13H16IN2O4P. The number of nitrogens with zero attached hydrogens (tertiary/aromatic N) is 2. The Morgan fingerprint density at radius 1 is 1.48 bits per heavy atom. The molecule has 0 fully saturated rings. The molecule has 2 aromatic heterocycles. The third-order valence-electron chi connectivity index (χ3n) is 2.76. The van der Waals surface area contributed by atoms with Gasteiger partial charge in [-0.3, -0.25) is 0 Å². The van der Waals surface area contributed by atoms with Gasteiger partial charge < -0.3 is 14.0 Å². The van der Waals surface area contributed by atoms with E-state index < -0.39 is 0 Å². The summed E-state index contributed by atoms with van der Waals surface area (Å²) < 4.78 is 17.5. The first-order valence-electron chi connectivity index (χ1n) is 6.45. The number of pyridine rings is 1. The topological polar surface area (TPSA) is 62.1 Å². The third kappa shape index (κ3) is 4.35. The molecule has 21 heavy (non-hydrogen) atoms. The van der Waals surface area contributed by atoms with Gasteiger partial charge in [-0.05, 0) is 35.0 Å². The van der Waals surface area contributed by atoms with Crippen LogP contribution < -0.4 is 0 Å². The maximum absolute atomic E-state index is 12.0. The maximum atomic E-state index is 12.0. The van der Waals surface area contributed by atoms with Gasteiger partial charge in [-0.25, -0.2) is 9.31 Å². The van der Waals surface area contributed by atoms with E-state index in [1.165, 1.54) is 6.20 Å². The summed E-state index contributed by atoms with van der Waals surface area (Å²) in [6.07, 6.45) is 3.32. The highest BCUT2D eigenvalue weighted by molar-refractivity contribution is 14.2. The molecule has 0 aliphatic heterocycles. The summed E-state index contributed by atoms with van der Waals surface area (Å²) in [4.78, 5) is 12.0. The molecule has 8 heteroatoms. The number of rotatable bonds is 8. The van der Waals surface area contributed by atoms with Crippen molar-refractivity contribution in [1.29, 1.82) is 0 Å². The molecule has 0 N–H and O–H groups in total. The fraction of sp³-hybridized carbons (Fsp3) is 0.385. The lowest BCUT2D eigenvalue weighted by molar-refractivity contribution is 0.0528. The Balaban J connectivity index is 2.15. The number of hydrogen-bond acceptors (Lipinski definition) is 5. The van der Waals surface area contributed by atoms with Crippen molar-refractivity contribution in [1.82, 2.24) is 9.61 Å². The molecule has 0 amide bonds. The lowest BCUT2D eigenvalue weighted by atomic mass is 10.1. The van der Waals surface area contributed by atoms with Crippen LogP contribution in [-0.2, 0) is 20.6 Å². The molecule has 0 bridgehead atoms. The predicted octanol–water partition coefficient (Wildman–Crippen LogP) is 2.99. The molecule has 0 spiro atoms. The summed E-state index contributed by atoms with van der Waals surface area (Å²) in [5.41, 5.74) is 2.09. The van der Waals surface area contributed by atoms with E-state index in [-0.39, 0.29) is 5.97 Å². The molecule has 2 rings (SSSR count). The molecule has 0 aliphatic rings. The summed E-state index contributed by atoms with van der Waals surface area (Å²) in [6, 6.07) is 3.79. The van der Waals surface area contributed by atoms with E-state index in [4.69, 9.17) is 14.0 Å². The number of hydrogen-bond donors (Lipinski definition) is 0. The highest BCUT2D eigenvalue weighted by atomic mass is 127. The highest BCUT2D eigenvalue weighted by Crippen LogP contribution is 2.21. The molecule has 0 saturated carbocycles. The number of esters is 1. The van der Waals surface area contributed by atoms with Gasteiger partial charge in [0.05, 0.1) is 44.6 Å². The van der Waals surface area contributed by atoms with Crippen LogP contribution in [-0.4, -0.2) is 35.4 Å². The minimum atomic E-state index is -0.366. The van der Waals surface area contributed by atoms with Gasteiger partial charge in [-0.1, -0.05) is 6.07 Å². The molecule has 2 aromatic rings. The number of carbonyl (C=O) groups is 1. The standard InChI is InChI=1S/C13H16IN2O4P/c1-2-19-13(17)11-8-15-16-5-3-4-10(12(11)16)9-18-6-7-20-21-14/h3-5,8,21H,2,6-7,9H2,1H3. The lowest BCUT2D eigenvalue weighted by Gasteiger charge is -2.07. The Morgan fingerprint density at radius 2 is 2.33 bits per heavy atom. The second-order valence-electron chi connectivity index (χ2n) is 4.08. The van der Waals surface area contributed by atoms with Gasteiger partial charge in [-0.2, -0.15) is 5.10 Å². The summed E-state index contributed by atoms with van der Waals surface area (Å²) >= 11 is 2.17. The molecule has 6 nitrogen and oxygen atoms in total. The molecule has 114 valence electrons. The number of carbonyl (C=O) groups excluding carboxylic acids is 1. The minimum absolute atomic E-state index is 0.337. The van der Waals surface area contributed by atoms with Crippen LogP contribution in [0.3, 0.4) is 0 Å². The number of ether oxygens (including phenoxy) is 2. The largest absolute Gasteiger partial charge is 0.462 e. The Kier molecular flexibility index (Phi) is 6.82. The van der Waals surface area contributed by atoms with E-state index in [9.17, 15) is 4.79 Å². The molecule has 0 saturated heterocycles. The van der Waals surface area contributed by atoms with Crippen molar-refractivity contribution in [3.05, 3.63) is 35.7 Å². The average Bonchev–Trinajstić information content (AvgIpc) is 2.92. The Labute approximate surface area is 137 Å². The normalized spacial score (nSPS) is 11.5. The molecule has 1 unspecified atom stereocenters. The van der Waals surface area contributed by atoms with E-state index in [2.05, 4.69) is 27.1 Å². The van der Waals surface area contributed by atoms with Crippen molar-refractivity contribution in [2.24, 2.45) is 0 Å². The average molecular weight is 422 g/mol. The fourth-order valence-corrected chi connectivity index (χ4v) is 2.73. The van der Waals surface area contributed by atoms with Crippen LogP contribution in [0.4, 0.5) is 0 Å². The zero-order valence-corrected chi connectivity index (χ0v) is 14.7. The molecular weight excluding hydrogens is 406 g/mol. The van der Waals surface area contributed by atoms with E-state index in [0.717, 1.165) is 11.1 Å². The minimum Gasteiger partial charge on any atom is -0.462 e. The van der Waals surface area contributed by atoms with Gasteiger partial charge in [0.25, 0.3) is 0 Å². The van der Waals surface area contributed by atoms with E-state index in [1.807, 2.05) is 12.1 Å². The SMILES string of the molecule is CCOC(=O)c1cnn2cccc(COCCOPI)c12. The van der Waals surface area contributed by atoms with Gasteiger partial charge in [0.1, 0.15) is 5.56 Å². The van der Waals surface area contributed by atoms with E-state index in [0.29, 0.717) is 38.4 Å².